The highest BCUT2D eigenvalue weighted by Crippen LogP contribution is 2.13. The first kappa shape index (κ1) is 11.8. The molecule has 6 nitrogen and oxygen atoms in total. The minimum atomic E-state index is -0.201. The lowest BCUT2D eigenvalue weighted by Gasteiger charge is -2.00. The largest absolute Gasteiger partial charge is 0.360 e. The molecular formula is C10H11BrN4O2. The second-order valence-electron chi connectivity index (χ2n) is 3.63. The number of nitrogens with one attached hydrogen (secondary N) is 1. The van der Waals surface area contributed by atoms with Crippen molar-refractivity contribution >= 4 is 27.7 Å². The van der Waals surface area contributed by atoms with Gasteiger partial charge >= 0.3 is 0 Å². The Hall–Kier alpha value is -1.63. The first-order chi connectivity index (χ1) is 8.04. The summed E-state index contributed by atoms with van der Waals surface area (Å²) >= 11 is 3.33. The molecule has 7 heteroatoms. The molecular weight excluding hydrogens is 288 g/mol. The van der Waals surface area contributed by atoms with Gasteiger partial charge in [-0.2, -0.15) is 5.10 Å². The van der Waals surface area contributed by atoms with Gasteiger partial charge in [-0.1, -0.05) is 5.16 Å². The molecule has 1 amide bonds. The van der Waals surface area contributed by atoms with Crippen molar-refractivity contribution in [3.8, 4) is 0 Å². The van der Waals surface area contributed by atoms with Gasteiger partial charge < -0.3 is 9.84 Å². The van der Waals surface area contributed by atoms with Gasteiger partial charge in [0.1, 0.15) is 12.3 Å². The number of carbonyl (C=O) groups excluding carboxylic acids is 1. The van der Waals surface area contributed by atoms with Crippen molar-refractivity contribution in [1.29, 1.82) is 0 Å². The maximum Gasteiger partial charge on any atom is 0.247 e. The maximum absolute atomic E-state index is 11.6. The van der Waals surface area contributed by atoms with E-state index >= 15 is 0 Å². The zero-order chi connectivity index (χ0) is 12.4. The Labute approximate surface area is 106 Å². The fourth-order valence-electron chi connectivity index (χ4n) is 1.33. The van der Waals surface area contributed by atoms with Gasteiger partial charge in [-0.15, -0.1) is 0 Å². The molecule has 2 rings (SSSR count). The molecule has 1 N–H and O–H groups in total. The van der Waals surface area contributed by atoms with Crippen LogP contribution >= 0.6 is 15.9 Å². The smallest absolute Gasteiger partial charge is 0.247 e. The van der Waals surface area contributed by atoms with Crippen LogP contribution in [0.4, 0.5) is 5.82 Å². The van der Waals surface area contributed by atoms with Crippen molar-refractivity contribution in [3.63, 3.8) is 0 Å². The third-order valence-electron chi connectivity index (χ3n) is 2.09. The summed E-state index contributed by atoms with van der Waals surface area (Å²) in [6, 6.07) is 1.65. The molecule has 0 aromatic carbocycles. The van der Waals surface area contributed by atoms with Crippen LogP contribution in [-0.4, -0.2) is 20.8 Å². The number of aryl methyl sites for hydroxylation is 2. The molecule has 0 fully saturated rings. The fourth-order valence-corrected chi connectivity index (χ4v) is 1.65. The van der Waals surface area contributed by atoms with Crippen molar-refractivity contribution in [2.75, 3.05) is 5.32 Å². The van der Waals surface area contributed by atoms with Crippen molar-refractivity contribution in [1.82, 2.24) is 14.9 Å². The van der Waals surface area contributed by atoms with Crippen molar-refractivity contribution in [2.24, 2.45) is 0 Å². The number of hydrogen-bond acceptors (Lipinski definition) is 4. The molecule has 0 aliphatic rings. The number of aromatic nitrogens is 3. The van der Waals surface area contributed by atoms with Gasteiger partial charge in [0.2, 0.25) is 5.91 Å². The second kappa shape index (κ2) is 4.70. The van der Waals surface area contributed by atoms with Crippen LogP contribution in [0.15, 0.2) is 21.3 Å². The SMILES string of the molecule is Cc1cc(NC(=O)Cn2cc(Br)c(C)n2)no1. The molecule has 0 atom stereocenters. The third-order valence-corrected chi connectivity index (χ3v) is 2.87. The monoisotopic (exact) mass is 298 g/mol. The van der Waals surface area contributed by atoms with E-state index in [1.54, 1.807) is 23.9 Å². The van der Waals surface area contributed by atoms with Crippen molar-refractivity contribution < 1.29 is 9.32 Å². The molecule has 0 radical (unpaired) electrons. The number of amides is 1. The van der Waals surface area contributed by atoms with E-state index in [0.29, 0.717) is 11.6 Å². The van der Waals surface area contributed by atoms with Crippen molar-refractivity contribution in [2.45, 2.75) is 20.4 Å². The summed E-state index contributed by atoms with van der Waals surface area (Å²) in [4.78, 5) is 11.6. The Morgan fingerprint density at radius 3 is 2.88 bits per heavy atom. The molecule has 90 valence electrons. The molecule has 0 unspecified atom stereocenters. The molecule has 2 heterocycles. The zero-order valence-corrected chi connectivity index (χ0v) is 11.0. The third kappa shape index (κ3) is 2.94. The fraction of sp³-hybridized carbons (Fsp3) is 0.300. The van der Waals surface area contributed by atoms with Gasteiger partial charge in [0.15, 0.2) is 5.82 Å². The quantitative estimate of drug-likeness (QED) is 0.939. The molecule has 2 aromatic heterocycles. The van der Waals surface area contributed by atoms with Crippen LogP contribution in [-0.2, 0) is 11.3 Å². The van der Waals surface area contributed by atoms with E-state index in [1.807, 2.05) is 6.92 Å². The van der Waals surface area contributed by atoms with Crippen LogP contribution in [0.25, 0.3) is 0 Å². The maximum atomic E-state index is 11.6. The summed E-state index contributed by atoms with van der Waals surface area (Å²) in [5, 5.41) is 10.5. The number of hydrogen-bond donors (Lipinski definition) is 1. The minimum Gasteiger partial charge on any atom is -0.360 e. The normalized spacial score (nSPS) is 10.5. The van der Waals surface area contributed by atoms with E-state index in [4.69, 9.17) is 4.52 Å². The first-order valence-corrected chi connectivity index (χ1v) is 5.76. The van der Waals surface area contributed by atoms with Gasteiger partial charge in [0.25, 0.3) is 0 Å². The predicted octanol–water partition coefficient (Wildman–Crippen LogP) is 1.89. The van der Waals surface area contributed by atoms with E-state index in [-0.39, 0.29) is 12.5 Å². The summed E-state index contributed by atoms with van der Waals surface area (Å²) in [6.07, 6.45) is 1.75. The standard InChI is InChI=1S/C10H11BrN4O2/c1-6-3-9(14-17-6)12-10(16)5-15-4-8(11)7(2)13-15/h3-4H,5H2,1-2H3,(H,12,14,16). The van der Waals surface area contributed by atoms with Crippen LogP contribution in [0.1, 0.15) is 11.5 Å². The Morgan fingerprint density at radius 2 is 2.35 bits per heavy atom. The molecule has 0 saturated heterocycles. The van der Waals surface area contributed by atoms with E-state index in [2.05, 4.69) is 31.5 Å². The topological polar surface area (TPSA) is 73.0 Å². The molecule has 2 aromatic rings. The number of anilines is 1. The van der Waals surface area contributed by atoms with E-state index in [1.165, 1.54) is 0 Å². The highest BCUT2D eigenvalue weighted by molar-refractivity contribution is 9.10. The van der Waals surface area contributed by atoms with Gasteiger partial charge in [-0.3, -0.25) is 9.48 Å². The number of halogens is 1. The van der Waals surface area contributed by atoms with Gasteiger partial charge in [0.05, 0.1) is 10.2 Å². The van der Waals surface area contributed by atoms with E-state index < -0.39 is 0 Å². The summed E-state index contributed by atoms with van der Waals surface area (Å²) < 4.78 is 7.28. The van der Waals surface area contributed by atoms with E-state index in [9.17, 15) is 4.79 Å². The lowest BCUT2D eigenvalue weighted by atomic mass is 10.5. The Morgan fingerprint density at radius 1 is 1.59 bits per heavy atom. The number of carbonyl (C=O) groups is 1. The summed E-state index contributed by atoms with van der Waals surface area (Å²) in [5.74, 6) is 0.863. The number of nitrogens with zero attached hydrogens (tertiary/aromatic N) is 3. The van der Waals surface area contributed by atoms with E-state index in [0.717, 1.165) is 10.2 Å². The van der Waals surface area contributed by atoms with Gasteiger partial charge in [-0.05, 0) is 29.8 Å². The highest BCUT2D eigenvalue weighted by Gasteiger charge is 2.09. The molecule has 0 aliphatic carbocycles. The Balaban J connectivity index is 1.97. The van der Waals surface area contributed by atoms with Crippen LogP contribution < -0.4 is 5.32 Å². The van der Waals surface area contributed by atoms with Gasteiger partial charge in [-0.25, -0.2) is 0 Å². The molecule has 0 bridgehead atoms. The van der Waals surface area contributed by atoms with Gasteiger partial charge in [0, 0.05) is 12.3 Å². The molecule has 17 heavy (non-hydrogen) atoms. The molecule has 0 spiro atoms. The average Bonchev–Trinajstić information content (AvgIpc) is 2.75. The van der Waals surface area contributed by atoms with Crippen LogP contribution in [0.5, 0.6) is 0 Å². The lowest BCUT2D eigenvalue weighted by molar-refractivity contribution is -0.116. The zero-order valence-electron chi connectivity index (χ0n) is 9.40. The lowest BCUT2D eigenvalue weighted by Crippen LogP contribution is -2.19. The molecule has 0 aliphatic heterocycles. The Kier molecular flexibility index (Phi) is 3.28. The average molecular weight is 299 g/mol. The minimum absolute atomic E-state index is 0.137. The van der Waals surface area contributed by atoms with Crippen LogP contribution in [0.3, 0.4) is 0 Å². The predicted molar refractivity (Wildman–Crippen MR) is 64.5 cm³/mol. The Bertz CT molecular complexity index is 527. The second-order valence-corrected chi connectivity index (χ2v) is 4.49. The van der Waals surface area contributed by atoms with Crippen LogP contribution in [0, 0.1) is 13.8 Å². The summed E-state index contributed by atoms with van der Waals surface area (Å²) in [6.45, 7) is 3.76. The first-order valence-electron chi connectivity index (χ1n) is 4.97. The molecule has 0 saturated carbocycles. The summed E-state index contributed by atoms with van der Waals surface area (Å²) in [7, 11) is 0. The number of rotatable bonds is 3. The van der Waals surface area contributed by atoms with Crippen LogP contribution in [0.2, 0.25) is 0 Å². The highest BCUT2D eigenvalue weighted by atomic mass is 79.9. The summed E-state index contributed by atoms with van der Waals surface area (Å²) in [5.41, 5.74) is 0.843. The van der Waals surface area contributed by atoms with Crippen molar-refractivity contribution in [3.05, 3.63) is 28.2 Å².